The van der Waals surface area contributed by atoms with E-state index in [0.29, 0.717) is 11.3 Å². The van der Waals surface area contributed by atoms with Gasteiger partial charge in [-0.1, -0.05) is 30.3 Å². The number of carbonyl (C=O) groups excluding carboxylic acids is 1. The molecule has 106 valence electrons. The first-order valence-corrected chi connectivity index (χ1v) is 6.56. The van der Waals surface area contributed by atoms with Crippen LogP contribution < -0.4 is 4.74 Å². The number of nitrogens with zero attached hydrogens (tertiary/aromatic N) is 1. The molecule has 0 aliphatic carbocycles. The van der Waals surface area contributed by atoms with Gasteiger partial charge >= 0.3 is 5.97 Å². The van der Waals surface area contributed by atoms with Crippen LogP contribution in [0.1, 0.15) is 24.2 Å². The molecule has 0 aliphatic heterocycles. The molecule has 0 aliphatic rings. The number of ether oxygens (including phenoxy) is 2. The molecule has 0 unspecified atom stereocenters. The lowest BCUT2D eigenvalue weighted by Crippen LogP contribution is -2.16. The molecule has 0 aromatic heterocycles. The minimum Gasteiger partial charge on any atom is -0.482 e. The van der Waals surface area contributed by atoms with E-state index in [1.165, 1.54) is 0 Å². The van der Waals surface area contributed by atoms with E-state index in [1.54, 1.807) is 24.3 Å². The van der Waals surface area contributed by atoms with Gasteiger partial charge in [0.1, 0.15) is 11.9 Å². The van der Waals surface area contributed by atoms with Gasteiger partial charge in [0.15, 0.2) is 6.61 Å². The van der Waals surface area contributed by atoms with Crippen molar-refractivity contribution < 1.29 is 14.3 Å². The first-order chi connectivity index (χ1) is 10.2. The molecule has 1 atom stereocenters. The molecule has 0 saturated heterocycles. The van der Waals surface area contributed by atoms with Gasteiger partial charge < -0.3 is 9.47 Å². The van der Waals surface area contributed by atoms with Crippen molar-refractivity contribution in [3.8, 4) is 11.8 Å². The highest BCUT2D eigenvalue weighted by Crippen LogP contribution is 2.16. The maximum Gasteiger partial charge on any atom is 0.344 e. The van der Waals surface area contributed by atoms with E-state index in [-0.39, 0.29) is 12.7 Å². The fourth-order valence-electron chi connectivity index (χ4n) is 1.79. The summed E-state index contributed by atoms with van der Waals surface area (Å²) in [7, 11) is 0. The second-order valence-electron chi connectivity index (χ2n) is 4.47. The van der Waals surface area contributed by atoms with E-state index in [4.69, 9.17) is 14.7 Å². The van der Waals surface area contributed by atoms with Crippen molar-refractivity contribution in [1.82, 2.24) is 0 Å². The smallest absolute Gasteiger partial charge is 0.344 e. The van der Waals surface area contributed by atoms with Crippen LogP contribution in [0.5, 0.6) is 5.75 Å². The molecule has 4 heteroatoms. The van der Waals surface area contributed by atoms with E-state index < -0.39 is 5.97 Å². The fraction of sp³-hybridized carbons (Fsp3) is 0.176. The average molecular weight is 281 g/mol. The quantitative estimate of drug-likeness (QED) is 0.789. The largest absolute Gasteiger partial charge is 0.482 e. The Labute approximate surface area is 123 Å². The highest BCUT2D eigenvalue weighted by molar-refractivity contribution is 5.71. The molecular weight excluding hydrogens is 266 g/mol. The lowest BCUT2D eigenvalue weighted by Gasteiger charge is -2.13. The van der Waals surface area contributed by atoms with Crippen molar-refractivity contribution in [2.75, 3.05) is 6.61 Å². The minimum absolute atomic E-state index is 0.164. The lowest BCUT2D eigenvalue weighted by atomic mass is 10.1. The Morgan fingerprint density at radius 2 is 1.81 bits per heavy atom. The minimum atomic E-state index is -0.435. The number of nitriles is 1. The summed E-state index contributed by atoms with van der Waals surface area (Å²) in [5.74, 6) is 0.0917. The van der Waals surface area contributed by atoms with Gasteiger partial charge in [-0.3, -0.25) is 0 Å². The van der Waals surface area contributed by atoms with E-state index in [1.807, 2.05) is 43.3 Å². The van der Waals surface area contributed by atoms with Crippen molar-refractivity contribution in [2.24, 2.45) is 0 Å². The average Bonchev–Trinajstić information content (AvgIpc) is 2.54. The van der Waals surface area contributed by atoms with Crippen molar-refractivity contribution in [1.29, 1.82) is 5.26 Å². The third-order valence-electron chi connectivity index (χ3n) is 2.92. The summed E-state index contributed by atoms with van der Waals surface area (Å²) in [6.45, 7) is 1.65. The molecule has 0 fully saturated rings. The molecule has 2 rings (SSSR count). The van der Waals surface area contributed by atoms with Crippen LogP contribution in [-0.4, -0.2) is 12.6 Å². The molecule has 0 amide bonds. The van der Waals surface area contributed by atoms with Gasteiger partial charge in [-0.05, 0) is 36.8 Å². The molecular formula is C17H15NO3. The third-order valence-corrected chi connectivity index (χ3v) is 2.92. The molecule has 0 N–H and O–H groups in total. The van der Waals surface area contributed by atoms with E-state index in [0.717, 1.165) is 5.56 Å². The Bertz CT molecular complexity index is 629. The first kappa shape index (κ1) is 14.6. The van der Waals surface area contributed by atoms with Crippen LogP contribution in [0.3, 0.4) is 0 Å². The van der Waals surface area contributed by atoms with Gasteiger partial charge in [0.25, 0.3) is 0 Å². The lowest BCUT2D eigenvalue weighted by molar-refractivity contribution is -0.151. The fourth-order valence-corrected chi connectivity index (χ4v) is 1.79. The number of rotatable bonds is 5. The van der Waals surface area contributed by atoms with Crippen LogP contribution in [0, 0.1) is 11.3 Å². The molecule has 0 heterocycles. The van der Waals surface area contributed by atoms with Gasteiger partial charge in [-0.25, -0.2) is 4.79 Å². The number of hydrogen-bond acceptors (Lipinski definition) is 4. The Kier molecular flexibility index (Phi) is 4.94. The normalized spacial score (nSPS) is 11.2. The van der Waals surface area contributed by atoms with Crippen LogP contribution in [0.15, 0.2) is 54.6 Å². The number of benzene rings is 2. The van der Waals surface area contributed by atoms with Crippen LogP contribution >= 0.6 is 0 Å². The van der Waals surface area contributed by atoms with E-state index in [2.05, 4.69) is 0 Å². The number of esters is 1. The van der Waals surface area contributed by atoms with Crippen molar-refractivity contribution in [3.63, 3.8) is 0 Å². The molecule has 2 aromatic rings. The zero-order chi connectivity index (χ0) is 15.1. The maximum atomic E-state index is 11.7. The first-order valence-electron chi connectivity index (χ1n) is 6.56. The maximum absolute atomic E-state index is 11.7. The zero-order valence-electron chi connectivity index (χ0n) is 11.7. The SMILES string of the molecule is C[C@@H](OC(=O)COc1ccc(C#N)cc1)c1ccccc1. The highest BCUT2D eigenvalue weighted by Gasteiger charge is 2.11. The summed E-state index contributed by atoms with van der Waals surface area (Å²) >= 11 is 0. The summed E-state index contributed by atoms with van der Waals surface area (Å²) in [4.78, 5) is 11.7. The zero-order valence-corrected chi connectivity index (χ0v) is 11.7. The van der Waals surface area contributed by atoms with Gasteiger partial charge in [-0.2, -0.15) is 5.26 Å². The summed E-state index contributed by atoms with van der Waals surface area (Å²) in [6, 6.07) is 18.1. The monoisotopic (exact) mass is 281 g/mol. The van der Waals surface area contributed by atoms with Gasteiger partial charge in [0, 0.05) is 0 Å². The van der Waals surface area contributed by atoms with Gasteiger partial charge in [-0.15, -0.1) is 0 Å². The summed E-state index contributed by atoms with van der Waals surface area (Å²) in [5, 5.41) is 8.69. The molecule has 2 aromatic carbocycles. The Hall–Kier alpha value is -2.80. The molecule has 0 bridgehead atoms. The Morgan fingerprint density at radius 1 is 1.14 bits per heavy atom. The molecule has 0 radical (unpaired) electrons. The molecule has 4 nitrogen and oxygen atoms in total. The van der Waals surface area contributed by atoms with Crippen molar-refractivity contribution >= 4 is 5.97 Å². The highest BCUT2D eigenvalue weighted by atomic mass is 16.6. The second kappa shape index (κ2) is 7.11. The van der Waals surface area contributed by atoms with Gasteiger partial charge in [0.2, 0.25) is 0 Å². The summed E-state index contributed by atoms with van der Waals surface area (Å²) in [6.07, 6.45) is -0.316. The Morgan fingerprint density at radius 3 is 2.43 bits per heavy atom. The van der Waals surface area contributed by atoms with Crippen LogP contribution in [0.25, 0.3) is 0 Å². The molecule has 0 spiro atoms. The van der Waals surface area contributed by atoms with Crippen LogP contribution in [-0.2, 0) is 9.53 Å². The predicted molar refractivity (Wildman–Crippen MR) is 77.6 cm³/mol. The summed E-state index contributed by atoms with van der Waals surface area (Å²) < 4.78 is 10.6. The van der Waals surface area contributed by atoms with E-state index >= 15 is 0 Å². The standard InChI is InChI=1S/C17H15NO3/c1-13(15-5-3-2-4-6-15)21-17(19)12-20-16-9-7-14(11-18)8-10-16/h2-10,13H,12H2,1H3/t13-/m1/s1. The summed E-state index contributed by atoms with van der Waals surface area (Å²) in [5.41, 5.74) is 1.48. The third kappa shape index (κ3) is 4.36. The van der Waals surface area contributed by atoms with E-state index in [9.17, 15) is 4.79 Å². The Balaban J connectivity index is 1.83. The van der Waals surface area contributed by atoms with Crippen LogP contribution in [0.4, 0.5) is 0 Å². The molecule has 0 saturated carbocycles. The molecule has 21 heavy (non-hydrogen) atoms. The van der Waals surface area contributed by atoms with Gasteiger partial charge in [0.05, 0.1) is 11.6 Å². The number of carbonyl (C=O) groups is 1. The second-order valence-corrected chi connectivity index (χ2v) is 4.47. The predicted octanol–water partition coefficient (Wildman–Crippen LogP) is 3.24. The van der Waals surface area contributed by atoms with Crippen molar-refractivity contribution in [3.05, 3.63) is 65.7 Å². The van der Waals surface area contributed by atoms with Crippen LogP contribution in [0.2, 0.25) is 0 Å². The number of hydrogen-bond donors (Lipinski definition) is 0. The van der Waals surface area contributed by atoms with Crippen molar-refractivity contribution in [2.45, 2.75) is 13.0 Å². The topological polar surface area (TPSA) is 59.3 Å².